The molecule has 0 aliphatic carbocycles. The van der Waals surface area contributed by atoms with Crippen LogP contribution in [0.2, 0.25) is 10.0 Å². The summed E-state index contributed by atoms with van der Waals surface area (Å²) in [5, 5.41) is 3.49. The normalized spacial score (nSPS) is 25.4. The van der Waals surface area contributed by atoms with Crippen LogP contribution in [0, 0.1) is 5.41 Å². The van der Waals surface area contributed by atoms with Crippen molar-refractivity contribution >= 4 is 35.1 Å². The van der Waals surface area contributed by atoms with Crippen LogP contribution >= 0.6 is 23.2 Å². The Kier molecular flexibility index (Phi) is 3.75. The van der Waals surface area contributed by atoms with Gasteiger partial charge in [-0.3, -0.25) is 5.32 Å². The van der Waals surface area contributed by atoms with E-state index < -0.39 is 0 Å². The second-order valence-corrected chi connectivity index (χ2v) is 6.20. The highest BCUT2D eigenvalue weighted by Gasteiger charge is 2.42. The molecular formula is C13H15Cl2N3O2. The van der Waals surface area contributed by atoms with Gasteiger partial charge < -0.3 is 9.64 Å². The number of amides is 2. The largest absolute Gasteiger partial charge is 0.381 e. The number of anilines is 1. The third-order valence-electron chi connectivity index (χ3n) is 3.95. The third kappa shape index (κ3) is 2.71. The van der Waals surface area contributed by atoms with Gasteiger partial charge >= 0.3 is 6.03 Å². The fourth-order valence-electron chi connectivity index (χ4n) is 2.75. The maximum absolute atomic E-state index is 12.2. The zero-order valence-corrected chi connectivity index (χ0v) is 12.4. The molecule has 2 fully saturated rings. The number of nitrogens with one attached hydrogen (secondary N) is 1. The van der Waals surface area contributed by atoms with E-state index in [1.807, 2.05) is 0 Å². The number of urea groups is 1. The number of halogens is 2. The van der Waals surface area contributed by atoms with Crippen molar-refractivity contribution in [2.45, 2.75) is 12.8 Å². The fourth-order valence-corrected chi connectivity index (χ4v) is 3.01. The number of hydrogen-bond donors (Lipinski definition) is 1. The smallest absolute Gasteiger partial charge is 0.323 e. The van der Waals surface area contributed by atoms with Gasteiger partial charge in [0.15, 0.2) is 0 Å². The average Bonchev–Trinajstić information content (AvgIpc) is 3.05. The molecule has 5 nitrogen and oxygen atoms in total. The lowest BCUT2D eigenvalue weighted by Crippen LogP contribution is -2.35. The van der Waals surface area contributed by atoms with Gasteiger partial charge in [0, 0.05) is 37.4 Å². The van der Waals surface area contributed by atoms with Gasteiger partial charge in [-0.1, -0.05) is 23.2 Å². The number of aromatic nitrogens is 1. The monoisotopic (exact) mass is 315 g/mol. The second kappa shape index (κ2) is 5.39. The van der Waals surface area contributed by atoms with E-state index in [0.717, 1.165) is 39.1 Å². The summed E-state index contributed by atoms with van der Waals surface area (Å²) in [6.07, 6.45) is 3.45. The molecule has 1 N–H and O–H groups in total. The molecule has 20 heavy (non-hydrogen) atoms. The predicted molar refractivity (Wildman–Crippen MR) is 77.3 cm³/mol. The lowest BCUT2D eigenvalue weighted by molar-refractivity contribution is 0.154. The molecule has 0 radical (unpaired) electrons. The Morgan fingerprint density at radius 3 is 2.95 bits per heavy atom. The van der Waals surface area contributed by atoms with Gasteiger partial charge in [-0.2, -0.15) is 0 Å². The van der Waals surface area contributed by atoms with Crippen LogP contribution < -0.4 is 5.32 Å². The van der Waals surface area contributed by atoms with Crippen molar-refractivity contribution < 1.29 is 9.53 Å². The van der Waals surface area contributed by atoms with E-state index in [1.54, 1.807) is 11.0 Å². The van der Waals surface area contributed by atoms with Crippen LogP contribution in [0.3, 0.4) is 0 Å². The molecule has 7 heteroatoms. The van der Waals surface area contributed by atoms with E-state index in [4.69, 9.17) is 27.9 Å². The molecule has 0 bridgehead atoms. The standard InChI is InChI=1S/C13H15Cl2N3O2/c14-9-5-11(16-6-10(9)15)17-12(19)18-3-1-13(7-18)2-4-20-8-13/h5-6H,1-4,7-8H2,(H,16,17,19)/t13-/m1/s1. The SMILES string of the molecule is O=C(Nc1cc(Cl)c(Cl)cn1)N1CC[C@@]2(CCOC2)C1. The average molecular weight is 316 g/mol. The summed E-state index contributed by atoms with van der Waals surface area (Å²) in [4.78, 5) is 18.1. The van der Waals surface area contributed by atoms with Crippen molar-refractivity contribution in [3.63, 3.8) is 0 Å². The molecule has 2 amide bonds. The summed E-state index contributed by atoms with van der Waals surface area (Å²) >= 11 is 11.7. The van der Waals surface area contributed by atoms with Crippen LogP contribution in [0.25, 0.3) is 0 Å². The van der Waals surface area contributed by atoms with E-state index in [1.165, 1.54) is 6.20 Å². The number of rotatable bonds is 1. The summed E-state index contributed by atoms with van der Waals surface area (Å²) in [6.45, 7) is 3.03. The van der Waals surface area contributed by atoms with E-state index in [2.05, 4.69) is 10.3 Å². The Labute approximate surface area is 127 Å². The number of hydrogen-bond acceptors (Lipinski definition) is 3. The van der Waals surface area contributed by atoms with Crippen LogP contribution in [0.1, 0.15) is 12.8 Å². The van der Waals surface area contributed by atoms with Gasteiger partial charge in [-0.15, -0.1) is 0 Å². The first-order valence-corrected chi connectivity index (χ1v) is 7.28. The predicted octanol–water partition coefficient (Wildman–Crippen LogP) is 3.03. The molecule has 1 spiro atoms. The minimum Gasteiger partial charge on any atom is -0.381 e. The van der Waals surface area contributed by atoms with Crippen LogP contribution in [-0.2, 0) is 4.74 Å². The summed E-state index contributed by atoms with van der Waals surface area (Å²) in [5.74, 6) is 0.410. The molecule has 0 unspecified atom stereocenters. The first-order valence-electron chi connectivity index (χ1n) is 6.53. The summed E-state index contributed by atoms with van der Waals surface area (Å²) in [6, 6.07) is 1.39. The lowest BCUT2D eigenvalue weighted by atomic mass is 9.87. The number of pyridine rings is 1. The molecule has 1 aromatic heterocycles. The van der Waals surface area contributed by atoms with Crippen molar-refractivity contribution in [1.82, 2.24) is 9.88 Å². The Balaban J connectivity index is 1.63. The maximum atomic E-state index is 12.2. The second-order valence-electron chi connectivity index (χ2n) is 5.39. The maximum Gasteiger partial charge on any atom is 0.323 e. The van der Waals surface area contributed by atoms with Crippen molar-refractivity contribution in [3.8, 4) is 0 Å². The van der Waals surface area contributed by atoms with Crippen LogP contribution in [0.5, 0.6) is 0 Å². The fraction of sp³-hybridized carbons (Fsp3) is 0.538. The molecule has 1 atom stereocenters. The van der Waals surface area contributed by atoms with Gasteiger partial charge in [0.1, 0.15) is 5.82 Å². The van der Waals surface area contributed by atoms with E-state index >= 15 is 0 Å². The minimum atomic E-state index is -0.153. The molecule has 1 aromatic rings. The topological polar surface area (TPSA) is 54.5 Å². The molecule has 3 rings (SSSR count). The van der Waals surface area contributed by atoms with Gasteiger partial charge in [0.2, 0.25) is 0 Å². The van der Waals surface area contributed by atoms with Gasteiger partial charge in [-0.05, 0) is 12.8 Å². The Bertz CT molecular complexity index is 532. The van der Waals surface area contributed by atoms with Crippen LogP contribution in [0.4, 0.5) is 10.6 Å². The van der Waals surface area contributed by atoms with Crippen molar-refractivity contribution in [3.05, 3.63) is 22.3 Å². The molecule has 0 aromatic carbocycles. The zero-order chi connectivity index (χ0) is 14.2. The number of nitrogens with zero attached hydrogens (tertiary/aromatic N) is 2. The molecule has 0 saturated carbocycles. The molecule has 2 aliphatic rings. The summed E-state index contributed by atoms with van der Waals surface area (Å²) < 4.78 is 5.45. The Hall–Kier alpha value is -1.04. The number of carbonyl (C=O) groups is 1. The van der Waals surface area contributed by atoms with E-state index in [9.17, 15) is 4.79 Å². The molecule has 2 saturated heterocycles. The first-order chi connectivity index (χ1) is 9.58. The number of carbonyl (C=O) groups excluding carboxylic acids is 1. The van der Waals surface area contributed by atoms with Gasteiger partial charge in [0.05, 0.1) is 16.7 Å². The summed E-state index contributed by atoms with van der Waals surface area (Å²) in [5.41, 5.74) is 0.155. The lowest BCUT2D eigenvalue weighted by Gasteiger charge is -2.22. The first kappa shape index (κ1) is 13.9. The Morgan fingerprint density at radius 1 is 1.40 bits per heavy atom. The summed E-state index contributed by atoms with van der Waals surface area (Å²) in [7, 11) is 0. The quantitative estimate of drug-likeness (QED) is 0.866. The van der Waals surface area contributed by atoms with Crippen molar-refractivity contribution in [2.75, 3.05) is 31.6 Å². The van der Waals surface area contributed by atoms with Gasteiger partial charge in [-0.25, -0.2) is 9.78 Å². The van der Waals surface area contributed by atoms with Crippen molar-refractivity contribution in [1.29, 1.82) is 0 Å². The number of ether oxygens (including phenoxy) is 1. The van der Waals surface area contributed by atoms with Crippen LogP contribution in [0.15, 0.2) is 12.3 Å². The minimum absolute atomic E-state index is 0.153. The third-order valence-corrected chi connectivity index (χ3v) is 4.66. The highest BCUT2D eigenvalue weighted by molar-refractivity contribution is 6.42. The van der Waals surface area contributed by atoms with Crippen molar-refractivity contribution in [2.24, 2.45) is 5.41 Å². The zero-order valence-electron chi connectivity index (χ0n) is 10.9. The molecule has 3 heterocycles. The molecule has 108 valence electrons. The van der Waals surface area contributed by atoms with Gasteiger partial charge in [0.25, 0.3) is 0 Å². The highest BCUT2D eigenvalue weighted by Crippen LogP contribution is 2.38. The highest BCUT2D eigenvalue weighted by atomic mass is 35.5. The van der Waals surface area contributed by atoms with E-state index in [0.29, 0.717) is 15.9 Å². The van der Waals surface area contributed by atoms with Crippen LogP contribution in [-0.4, -0.2) is 42.2 Å². The number of likely N-dealkylation sites (tertiary alicyclic amines) is 1. The molecular weight excluding hydrogens is 301 g/mol. The van der Waals surface area contributed by atoms with E-state index in [-0.39, 0.29) is 11.4 Å². The molecule has 2 aliphatic heterocycles. The Morgan fingerprint density at radius 2 is 2.25 bits per heavy atom.